The van der Waals surface area contributed by atoms with Gasteiger partial charge in [-0.05, 0) is 62.2 Å². The maximum atomic E-state index is 13.8. The van der Waals surface area contributed by atoms with E-state index in [-0.39, 0.29) is 42.0 Å². The molecule has 0 radical (unpaired) electrons. The van der Waals surface area contributed by atoms with Gasteiger partial charge in [-0.15, -0.1) is 11.3 Å². The van der Waals surface area contributed by atoms with Gasteiger partial charge in [0.05, 0.1) is 21.8 Å². The van der Waals surface area contributed by atoms with Crippen LogP contribution in [-0.4, -0.2) is 103 Å². The first kappa shape index (κ1) is 28.6. The number of Topliss-reactive ketones (excluding diaryl/α,β-unsaturated/α-hetero) is 1. The number of benzene rings is 1. The highest BCUT2D eigenvalue weighted by Gasteiger charge is 2.52. The Balaban J connectivity index is 1.27. The summed E-state index contributed by atoms with van der Waals surface area (Å²) in [6, 6.07) is 9.00. The third-order valence-corrected chi connectivity index (χ3v) is 9.28. The van der Waals surface area contributed by atoms with E-state index in [0.29, 0.717) is 34.2 Å². The second kappa shape index (κ2) is 11.9. The Hall–Kier alpha value is -2.95. The molecule has 4 heterocycles. The number of thiophene rings is 1. The number of piperazine rings is 1. The zero-order valence-electron chi connectivity index (χ0n) is 23.1. The fourth-order valence-electron chi connectivity index (χ4n) is 5.93. The molecule has 3 atom stereocenters. The van der Waals surface area contributed by atoms with Crippen LogP contribution in [0.4, 0.5) is 5.69 Å². The number of carbonyl (C=O) groups excluding carboxylic acids is 4. The molecule has 3 unspecified atom stereocenters. The van der Waals surface area contributed by atoms with Gasteiger partial charge in [0.15, 0.2) is 5.78 Å². The van der Waals surface area contributed by atoms with Gasteiger partial charge in [-0.25, -0.2) is 0 Å². The van der Waals surface area contributed by atoms with Gasteiger partial charge in [-0.3, -0.25) is 19.2 Å². The number of amides is 3. The molecule has 1 N–H and O–H groups in total. The van der Waals surface area contributed by atoms with Crippen molar-refractivity contribution in [3.05, 3.63) is 51.2 Å². The number of likely N-dealkylation sites (N-methyl/N-ethyl adjacent to an activating group) is 1. The Bertz CT molecular complexity index is 1270. The van der Waals surface area contributed by atoms with Crippen LogP contribution in [0.5, 0.6) is 0 Å². The number of halogens is 1. The molecular formula is C29H36ClN5O4S. The normalized spacial score (nSPS) is 22.1. The van der Waals surface area contributed by atoms with Crippen LogP contribution >= 0.6 is 22.9 Å². The van der Waals surface area contributed by atoms with Crippen molar-refractivity contribution in [3.8, 4) is 0 Å². The maximum Gasteiger partial charge on any atom is 0.264 e. The molecule has 1 aromatic carbocycles. The lowest BCUT2D eigenvalue weighted by Crippen LogP contribution is -2.53. The second-order valence-electron chi connectivity index (χ2n) is 11.3. The van der Waals surface area contributed by atoms with Crippen molar-refractivity contribution >= 4 is 52.1 Å². The molecule has 0 bridgehead atoms. The van der Waals surface area contributed by atoms with Gasteiger partial charge in [0.25, 0.3) is 11.8 Å². The summed E-state index contributed by atoms with van der Waals surface area (Å²) in [5, 5.41) is 2.95. The number of nitrogens with zero attached hydrogens (tertiary/aromatic N) is 4. The minimum absolute atomic E-state index is 0.0334. The summed E-state index contributed by atoms with van der Waals surface area (Å²) in [5.74, 6) is -0.831. The lowest BCUT2D eigenvalue weighted by Gasteiger charge is -2.34. The molecule has 11 heteroatoms. The molecule has 0 spiro atoms. The van der Waals surface area contributed by atoms with Gasteiger partial charge in [-0.2, -0.15) is 0 Å². The Kier molecular flexibility index (Phi) is 8.49. The first-order chi connectivity index (χ1) is 19.1. The monoisotopic (exact) mass is 585 g/mol. The molecule has 3 aliphatic heterocycles. The molecule has 40 heavy (non-hydrogen) atoms. The number of fused-ring (bicyclic) bond motifs is 1. The zero-order valence-corrected chi connectivity index (χ0v) is 24.7. The summed E-state index contributed by atoms with van der Waals surface area (Å²) >= 11 is 7.20. The van der Waals surface area contributed by atoms with Crippen molar-refractivity contribution in [1.82, 2.24) is 20.0 Å². The number of nitrogens with one attached hydrogen (secondary N) is 1. The third-order valence-electron chi connectivity index (χ3n) is 8.06. The van der Waals surface area contributed by atoms with E-state index in [0.717, 1.165) is 31.9 Å². The Morgan fingerprint density at radius 1 is 1.00 bits per heavy atom. The molecular weight excluding hydrogens is 550 g/mol. The molecule has 3 aliphatic rings. The molecule has 5 rings (SSSR count). The molecule has 214 valence electrons. The molecule has 0 aliphatic carbocycles. The fraction of sp³-hybridized carbons (Fsp3) is 0.517. The van der Waals surface area contributed by atoms with Crippen LogP contribution < -0.4 is 10.2 Å². The molecule has 3 amide bonds. The van der Waals surface area contributed by atoms with E-state index >= 15 is 0 Å². The number of carbonyl (C=O) groups is 4. The predicted octanol–water partition coefficient (Wildman–Crippen LogP) is 2.99. The van der Waals surface area contributed by atoms with Crippen molar-refractivity contribution in [3.63, 3.8) is 0 Å². The van der Waals surface area contributed by atoms with Crippen molar-refractivity contribution in [2.45, 2.75) is 44.8 Å². The Labute approximate surface area is 244 Å². The van der Waals surface area contributed by atoms with E-state index in [9.17, 15) is 19.2 Å². The molecule has 1 aromatic heterocycles. The number of likely N-dealkylation sites (tertiary alicyclic amines) is 2. The fourth-order valence-corrected chi connectivity index (χ4v) is 6.93. The summed E-state index contributed by atoms with van der Waals surface area (Å²) in [5.41, 5.74) is 1.56. The average molecular weight is 586 g/mol. The highest BCUT2D eigenvalue weighted by Crippen LogP contribution is 2.33. The van der Waals surface area contributed by atoms with E-state index in [1.54, 1.807) is 34.1 Å². The van der Waals surface area contributed by atoms with Gasteiger partial charge >= 0.3 is 0 Å². The summed E-state index contributed by atoms with van der Waals surface area (Å²) in [4.78, 5) is 61.5. The number of hydrogen-bond acceptors (Lipinski definition) is 7. The standard InChI is InChI=1S/C29H36ClN5O4S/c1-18(2)16-21(31-27(37)19-4-6-20(7-5-19)33-14-12-32(3)13-15-33)28(38)34-11-10-22-26(34)23(36)17-35(22)29(39)24-8-9-25(30)40-24/h4-9,18,21-22,26H,10-17H2,1-3H3,(H,31,37). The lowest BCUT2D eigenvalue weighted by atomic mass is 10.0. The van der Waals surface area contributed by atoms with Crippen LogP contribution in [0, 0.1) is 5.92 Å². The molecule has 3 fully saturated rings. The SMILES string of the molecule is CC(C)CC(NC(=O)c1ccc(N2CCN(C)CC2)cc1)C(=O)N1CCC2C1C(=O)CN2C(=O)c1ccc(Cl)s1. The quantitative estimate of drug-likeness (QED) is 0.537. The highest BCUT2D eigenvalue weighted by molar-refractivity contribution is 7.18. The first-order valence-electron chi connectivity index (χ1n) is 13.9. The largest absolute Gasteiger partial charge is 0.369 e. The number of anilines is 1. The maximum absolute atomic E-state index is 13.8. The van der Waals surface area contributed by atoms with Gasteiger partial charge in [0, 0.05) is 44.0 Å². The van der Waals surface area contributed by atoms with Gasteiger partial charge in [0.2, 0.25) is 5.91 Å². The summed E-state index contributed by atoms with van der Waals surface area (Å²) < 4.78 is 0.509. The van der Waals surface area contributed by atoms with Crippen LogP contribution in [0.2, 0.25) is 4.34 Å². The lowest BCUT2D eigenvalue weighted by molar-refractivity contribution is -0.138. The minimum atomic E-state index is -0.766. The van der Waals surface area contributed by atoms with E-state index in [1.165, 1.54) is 11.3 Å². The van der Waals surface area contributed by atoms with Crippen molar-refractivity contribution in [1.29, 1.82) is 0 Å². The Morgan fingerprint density at radius 2 is 1.70 bits per heavy atom. The summed E-state index contributed by atoms with van der Waals surface area (Å²) in [6.07, 6.45) is 0.964. The number of ketones is 1. The Morgan fingerprint density at radius 3 is 2.33 bits per heavy atom. The smallest absolute Gasteiger partial charge is 0.264 e. The zero-order chi connectivity index (χ0) is 28.6. The van der Waals surface area contributed by atoms with E-state index in [4.69, 9.17) is 11.6 Å². The minimum Gasteiger partial charge on any atom is -0.369 e. The molecule has 0 saturated carbocycles. The van der Waals surface area contributed by atoms with Crippen LogP contribution in [0.25, 0.3) is 0 Å². The molecule has 3 saturated heterocycles. The number of rotatable bonds is 7. The highest BCUT2D eigenvalue weighted by atomic mass is 35.5. The van der Waals surface area contributed by atoms with Crippen LogP contribution in [-0.2, 0) is 9.59 Å². The third kappa shape index (κ3) is 5.89. The topological polar surface area (TPSA) is 93.3 Å². The molecule has 9 nitrogen and oxygen atoms in total. The first-order valence-corrected chi connectivity index (χ1v) is 15.1. The summed E-state index contributed by atoms with van der Waals surface area (Å²) in [7, 11) is 2.11. The molecule has 2 aromatic rings. The van der Waals surface area contributed by atoms with Crippen LogP contribution in [0.15, 0.2) is 36.4 Å². The number of hydrogen-bond donors (Lipinski definition) is 1. The van der Waals surface area contributed by atoms with Crippen LogP contribution in [0.3, 0.4) is 0 Å². The second-order valence-corrected chi connectivity index (χ2v) is 13.0. The summed E-state index contributed by atoms with van der Waals surface area (Å²) in [6.45, 7) is 8.19. The van der Waals surface area contributed by atoms with E-state index in [2.05, 4.69) is 22.2 Å². The van der Waals surface area contributed by atoms with Crippen molar-refractivity contribution in [2.75, 3.05) is 51.2 Å². The van der Waals surface area contributed by atoms with Crippen LogP contribution in [0.1, 0.15) is 46.7 Å². The van der Waals surface area contributed by atoms with E-state index in [1.807, 2.05) is 26.0 Å². The van der Waals surface area contributed by atoms with E-state index < -0.39 is 12.1 Å². The van der Waals surface area contributed by atoms with Gasteiger partial charge in [0.1, 0.15) is 12.1 Å². The van der Waals surface area contributed by atoms with Crippen molar-refractivity contribution < 1.29 is 19.2 Å². The van der Waals surface area contributed by atoms with Crippen molar-refractivity contribution in [2.24, 2.45) is 5.92 Å². The van der Waals surface area contributed by atoms with Gasteiger partial charge < -0.3 is 24.9 Å². The van der Waals surface area contributed by atoms with Gasteiger partial charge in [-0.1, -0.05) is 25.4 Å². The average Bonchev–Trinajstić information content (AvgIpc) is 3.65. The predicted molar refractivity (Wildman–Crippen MR) is 156 cm³/mol.